The molecule has 2 aromatic carbocycles. The van der Waals surface area contributed by atoms with Gasteiger partial charge in [-0.05, 0) is 68.5 Å². The molecule has 3 aromatic rings. The molecule has 1 aromatic heterocycles. The maximum atomic E-state index is 12.4. The lowest BCUT2D eigenvalue weighted by Gasteiger charge is -2.31. The smallest absolute Gasteiger partial charge is 0.318 e. The largest absolute Gasteiger partial charge is 0.365 e. The standard InChI is InChI=1S/C25H25ClN2O2/c1-16-8-10-20(11-9-16)28-17(2)12-21-22(14-25(3,4)15-23(21)28)27-30-24(29)18-6-5-7-19(26)13-18/h5-13H,14-15H2,1-4H3/b27-22+. The van der Waals surface area contributed by atoms with Crippen LogP contribution < -0.4 is 0 Å². The molecule has 30 heavy (non-hydrogen) atoms. The molecule has 5 heteroatoms. The SMILES string of the molecule is Cc1ccc(-n2c(C)cc3c2CC(C)(C)C/C3=N\OC(=O)c2cccc(Cl)c2)cc1. The van der Waals surface area contributed by atoms with Crippen LogP contribution in [-0.2, 0) is 11.3 Å². The molecule has 0 N–H and O–H groups in total. The monoisotopic (exact) mass is 420 g/mol. The number of benzene rings is 2. The van der Waals surface area contributed by atoms with Crippen LogP contribution in [-0.4, -0.2) is 16.2 Å². The Labute approximate surface area is 182 Å². The van der Waals surface area contributed by atoms with Gasteiger partial charge < -0.3 is 9.40 Å². The molecule has 0 radical (unpaired) electrons. The van der Waals surface area contributed by atoms with Crippen LogP contribution in [0.15, 0.2) is 59.8 Å². The van der Waals surface area contributed by atoms with Crippen molar-refractivity contribution in [2.24, 2.45) is 10.6 Å². The van der Waals surface area contributed by atoms with Gasteiger partial charge in [0.15, 0.2) is 0 Å². The summed E-state index contributed by atoms with van der Waals surface area (Å²) in [4.78, 5) is 17.8. The molecule has 154 valence electrons. The minimum absolute atomic E-state index is 0.00152. The molecular formula is C25H25ClN2O2. The second-order valence-electron chi connectivity index (χ2n) is 8.76. The van der Waals surface area contributed by atoms with E-state index in [0.29, 0.717) is 10.6 Å². The number of hydrogen-bond acceptors (Lipinski definition) is 3. The average molecular weight is 421 g/mol. The summed E-state index contributed by atoms with van der Waals surface area (Å²) in [5, 5.41) is 4.79. The van der Waals surface area contributed by atoms with Crippen molar-refractivity contribution < 1.29 is 9.63 Å². The van der Waals surface area contributed by atoms with Gasteiger partial charge in [0, 0.05) is 27.7 Å². The molecule has 1 aliphatic rings. The number of carbonyl (C=O) groups is 1. The molecule has 0 fully saturated rings. The first kappa shape index (κ1) is 20.4. The van der Waals surface area contributed by atoms with Gasteiger partial charge in [-0.1, -0.05) is 54.4 Å². The Morgan fingerprint density at radius 3 is 2.50 bits per heavy atom. The predicted molar refractivity (Wildman–Crippen MR) is 121 cm³/mol. The van der Waals surface area contributed by atoms with Crippen molar-refractivity contribution in [2.75, 3.05) is 0 Å². The van der Waals surface area contributed by atoms with Crippen molar-refractivity contribution in [1.29, 1.82) is 0 Å². The van der Waals surface area contributed by atoms with Crippen molar-refractivity contribution in [3.63, 3.8) is 0 Å². The number of carbonyl (C=O) groups excluding carboxylic acids is 1. The highest BCUT2D eigenvalue weighted by Gasteiger charge is 2.33. The van der Waals surface area contributed by atoms with Crippen molar-refractivity contribution in [2.45, 2.75) is 40.5 Å². The molecule has 4 nitrogen and oxygen atoms in total. The molecule has 1 aliphatic carbocycles. The third-order valence-corrected chi connectivity index (χ3v) is 5.72. The molecule has 0 spiro atoms. The second-order valence-corrected chi connectivity index (χ2v) is 9.20. The van der Waals surface area contributed by atoms with Crippen LogP contribution in [0.4, 0.5) is 0 Å². The number of rotatable bonds is 3. The van der Waals surface area contributed by atoms with Gasteiger partial charge in [0.1, 0.15) is 0 Å². The number of halogens is 1. The Kier molecular flexibility index (Phi) is 5.29. The first-order valence-corrected chi connectivity index (χ1v) is 10.4. The quantitative estimate of drug-likeness (QED) is 0.369. The van der Waals surface area contributed by atoms with E-state index in [2.05, 4.69) is 67.7 Å². The fraction of sp³-hybridized carbons (Fsp3) is 0.280. The van der Waals surface area contributed by atoms with Crippen molar-refractivity contribution in [3.8, 4) is 5.69 Å². The van der Waals surface area contributed by atoms with Gasteiger partial charge in [-0.25, -0.2) is 4.79 Å². The summed E-state index contributed by atoms with van der Waals surface area (Å²) in [6.45, 7) is 8.61. The van der Waals surface area contributed by atoms with Gasteiger partial charge in [-0.2, -0.15) is 0 Å². The summed E-state index contributed by atoms with van der Waals surface area (Å²) < 4.78 is 2.28. The summed E-state index contributed by atoms with van der Waals surface area (Å²) in [7, 11) is 0. The zero-order valence-corrected chi connectivity index (χ0v) is 18.5. The first-order chi connectivity index (χ1) is 14.2. The van der Waals surface area contributed by atoms with E-state index in [4.69, 9.17) is 16.4 Å². The lowest BCUT2D eigenvalue weighted by molar-refractivity contribution is 0.0514. The lowest BCUT2D eigenvalue weighted by atomic mass is 9.76. The Hall–Kier alpha value is -2.85. The Morgan fingerprint density at radius 1 is 1.07 bits per heavy atom. The van der Waals surface area contributed by atoms with E-state index >= 15 is 0 Å². The van der Waals surface area contributed by atoms with Gasteiger partial charge in [0.25, 0.3) is 0 Å². The molecule has 4 rings (SSSR count). The van der Waals surface area contributed by atoms with Crippen LogP contribution >= 0.6 is 11.6 Å². The minimum atomic E-state index is -0.510. The van der Waals surface area contributed by atoms with Gasteiger partial charge in [-0.15, -0.1) is 0 Å². The minimum Gasteiger partial charge on any atom is -0.318 e. The van der Waals surface area contributed by atoms with E-state index in [1.165, 1.54) is 11.3 Å². The Bertz CT molecular complexity index is 1140. The van der Waals surface area contributed by atoms with Crippen molar-refractivity contribution in [3.05, 3.63) is 87.7 Å². The second kappa shape index (κ2) is 7.77. The summed E-state index contributed by atoms with van der Waals surface area (Å²) in [6, 6.07) is 17.3. The summed E-state index contributed by atoms with van der Waals surface area (Å²) >= 11 is 5.98. The van der Waals surface area contributed by atoms with Gasteiger partial charge in [0.05, 0.1) is 11.3 Å². The van der Waals surface area contributed by atoms with Crippen LogP contribution in [0, 0.1) is 19.3 Å². The van der Waals surface area contributed by atoms with Crippen LogP contribution in [0.5, 0.6) is 0 Å². The summed E-state index contributed by atoms with van der Waals surface area (Å²) in [5.74, 6) is -0.510. The highest BCUT2D eigenvalue weighted by molar-refractivity contribution is 6.30. The molecule has 0 aliphatic heterocycles. The molecular weight excluding hydrogens is 396 g/mol. The van der Waals surface area contributed by atoms with E-state index in [0.717, 1.165) is 35.5 Å². The van der Waals surface area contributed by atoms with E-state index in [-0.39, 0.29) is 5.41 Å². The molecule has 0 unspecified atom stereocenters. The average Bonchev–Trinajstić information content (AvgIpc) is 3.01. The maximum Gasteiger partial charge on any atom is 0.365 e. The van der Waals surface area contributed by atoms with Gasteiger partial charge in [-0.3, -0.25) is 0 Å². The van der Waals surface area contributed by atoms with Crippen LogP contribution in [0.25, 0.3) is 5.69 Å². The van der Waals surface area contributed by atoms with Gasteiger partial charge in [0.2, 0.25) is 0 Å². The van der Waals surface area contributed by atoms with E-state index in [9.17, 15) is 4.79 Å². The zero-order valence-electron chi connectivity index (χ0n) is 17.7. The fourth-order valence-corrected chi connectivity index (χ4v) is 4.27. The number of nitrogens with zero attached hydrogens (tertiary/aromatic N) is 2. The molecule has 0 saturated carbocycles. The predicted octanol–water partition coefficient (Wildman–Crippen LogP) is 6.28. The summed E-state index contributed by atoms with van der Waals surface area (Å²) in [6.07, 6.45) is 1.66. The van der Waals surface area contributed by atoms with E-state index < -0.39 is 5.97 Å². The van der Waals surface area contributed by atoms with Crippen molar-refractivity contribution >= 4 is 23.3 Å². The van der Waals surface area contributed by atoms with E-state index in [1.54, 1.807) is 24.3 Å². The van der Waals surface area contributed by atoms with Crippen LogP contribution in [0.2, 0.25) is 5.02 Å². The van der Waals surface area contributed by atoms with Crippen LogP contribution in [0.1, 0.15) is 53.1 Å². The molecule has 0 amide bonds. The highest BCUT2D eigenvalue weighted by atomic mass is 35.5. The molecule has 0 saturated heterocycles. The number of hydrogen-bond donors (Lipinski definition) is 0. The van der Waals surface area contributed by atoms with Gasteiger partial charge >= 0.3 is 5.97 Å². The number of fused-ring (bicyclic) bond motifs is 1. The normalized spacial score (nSPS) is 16.4. The number of oxime groups is 1. The third-order valence-electron chi connectivity index (χ3n) is 5.48. The molecule has 0 bridgehead atoms. The van der Waals surface area contributed by atoms with E-state index in [1.807, 2.05) is 0 Å². The molecule has 1 heterocycles. The number of aryl methyl sites for hydroxylation is 2. The topological polar surface area (TPSA) is 43.6 Å². The molecule has 0 atom stereocenters. The van der Waals surface area contributed by atoms with Crippen LogP contribution in [0.3, 0.4) is 0 Å². The van der Waals surface area contributed by atoms with Crippen molar-refractivity contribution in [1.82, 2.24) is 4.57 Å². The fourth-order valence-electron chi connectivity index (χ4n) is 4.08. The highest BCUT2D eigenvalue weighted by Crippen LogP contribution is 2.38. The lowest BCUT2D eigenvalue weighted by Crippen LogP contribution is -2.28. The zero-order chi connectivity index (χ0) is 21.5. The summed E-state index contributed by atoms with van der Waals surface area (Å²) in [5.41, 5.74) is 6.93. The Morgan fingerprint density at radius 2 is 1.80 bits per heavy atom. The third kappa shape index (κ3) is 4.05. The maximum absolute atomic E-state index is 12.4. The number of aromatic nitrogens is 1. The Balaban J connectivity index is 1.71. The first-order valence-electron chi connectivity index (χ1n) is 10.1.